The molecule has 1 fully saturated rings. The molecule has 112 valence electrons. The summed E-state index contributed by atoms with van der Waals surface area (Å²) in [5, 5.41) is 0. The summed E-state index contributed by atoms with van der Waals surface area (Å²) in [4.78, 5) is 28.0. The molecule has 3 rings (SSSR count). The number of hydrogen-bond acceptors (Lipinski definition) is 3. The van der Waals surface area contributed by atoms with Crippen molar-refractivity contribution in [3.8, 4) is 0 Å². The number of H-pyrrole nitrogens is 1. The van der Waals surface area contributed by atoms with E-state index in [1.807, 2.05) is 17.0 Å². The predicted octanol–water partition coefficient (Wildman–Crippen LogP) is 2.46. The van der Waals surface area contributed by atoms with Crippen LogP contribution in [0, 0.1) is 0 Å². The molecule has 1 aliphatic rings. The van der Waals surface area contributed by atoms with Crippen LogP contribution in [0.1, 0.15) is 37.7 Å². The number of carbonyl (C=O) groups excluding carboxylic acids is 1. The van der Waals surface area contributed by atoms with E-state index in [0.717, 1.165) is 31.5 Å². The number of benzene rings is 1. The molecular weight excluding hydrogens is 268 g/mol. The zero-order chi connectivity index (χ0) is 14.7. The summed E-state index contributed by atoms with van der Waals surface area (Å²) in [7, 11) is 0. The fraction of sp³-hybridized carbons (Fsp3) is 0.500. The molecule has 21 heavy (non-hydrogen) atoms. The van der Waals surface area contributed by atoms with Gasteiger partial charge in [-0.1, -0.05) is 18.9 Å². The summed E-state index contributed by atoms with van der Waals surface area (Å²) in [6, 6.07) is 5.57. The van der Waals surface area contributed by atoms with Crippen LogP contribution in [0.5, 0.6) is 0 Å². The number of aromatic amines is 1. The Balaban J connectivity index is 1.62. The number of likely N-dealkylation sites (tertiary alicyclic amines) is 1. The number of carbonyl (C=O) groups is 1. The Kier molecular flexibility index (Phi) is 4.08. The fourth-order valence-electron chi connectivity index (χ4n) is 2.88. The third kappa shape index (κ3) is 3.35. The smallest absolute Gasteiger partial charge is 0.408 e. The first kappa shape index (κ1) is 13.9. The lowest BCUT2D eigenvalue weighted by atomic mass is 10.1. The van der Waals surface area contributed by atoms with Crippen molar-refractivity contribution in [1.29, 1.82) is 0 Å². The van der Waals surface area contributed by atoms with E-state index in [1.165, 1.54) is 12.8 Å². The standard InChI is InChI=1S/C16H20N2O3/c19-15(18-9-3-1-2-4-10-18)8-6-12-5-7-14-13(11-12)17-16(20)21-14/h5,7,11H,1-4,6,8-10H2,(H,17,20). The van der Waals surface area contributed by atoms with Gasteiger partial charge >= 0.3 is 5.76 Å². The van der Waals surface area contributed by atoms with Gasteiger partial charge in [-0.15, -0.1) is 0 Å². The summed E-state index contributed by atoms with van der Waals surface area (Å²) in [5.74, 6) is -0.208. The van der Waals surface area contributed by atoms with Gasteiger partial charge < -0.3 is 9.32 Å². The minimum atomic E-state index is -0.442. The molecule has 5 nitrogen and oxygen atoms in total. The Morgan fingerprint density at radius 1 is 1.19 bits per heavy atom. The van der Waals surface area contributed by atoms with Crippen LogP contribution in [0.2, 0.25) is 0 Å². The monoisotopic (exact) mass is 288 g/mol. The van der Waals surface area contributed by atoms with Gasteiger partial charge in [0.05, 0.1) is 5.52 Å². The van der Waals surface area contributed by atoms with Crippen molar-refractivity contribution in [2.45, 2.75) is 38.5 Å². The van der Waals surface area contributed by atoms with Gasteiger partial charge in [-0.05, 0) is 37.0 Å². The topological polar surface area (TPSA) is 66.3 Å². The second-order valence-electron chi connectivity index (χ2n) is 5.64. The van der Waals surface area contributed by atoms with Gasteiger partial charge in [-0.2, -0.15) is 0 Å². The van der Waals surface area contributed by atoms with Crippen molar-refractivity contribution in [2.75, 3.05) is 13.1 Å². The number of aryl methyl sites for hydroxylation is 1. The van der Waals surface area contributed by atoms with Crippen LogP contribution in [0.4, 0.5) is 0 Å². The zero-order valence-electron chi connectivity index (χ0n) is 12.1. The molecule has 0 aliphatic carbocycles. The first-order valence-electron chi connectivity index (χ1n) is 7.62. The maximum Gasteiger partial charge on any atom is 0.417 e. The third-order valence-corrected chi connectivity index (χ3v) is 4.07. The first-order valence-corrected chi connectivity index (χ1v) is 7.62. The summed E-state index contributed by atoms with van der Waals surface area (Å²) >= 11 is 0. The number of nitrogens with zero attached hydrogens (tertiary/aromatic N) is 1. The molecule has 1 aromatic heterocycles. The molecule has 0 atom stereocenters. The highest BCUT2D eigenvalue weighted by atomic mass is 16.4. The minimum absolute atomic E-state index is 0.234. The maximum absolute atomic E-state index is 12.2. The zero-order valence-corrected chi connectivity index (χ0v) is 12.1. The van der Waals surface area contributed by atoms with Crippen LogP contribution in [-0.2, 0) is 11.2 Å². The Morgan fingerprint density at radius 3 is 2.71 bits per heavy atom. The highest BCUT2D eigenvalue weighted by Crippen LogP contribution is 2.15. The Morgan fingerprint density at radius 2 is 1.95 bits per heavy atom. The van der Waals surface area contributed by atoms with Gasteiger partial charge in [0.15, 0.2) is 5.58 Å². The number of oxazole rings is 1. The fourth-order valence-corrected chi connectivity index (χ4v) is 2.88. The Labute approximate surface area is 122 Å². The summed E-state index contributed by atoms with van der Waals surface area (Å²) in [6.07, 6.45) is 5.91. The van der Waals surface area contributed by atoms with Crippen molar-refractivity contribution in [2.24, 2.45) is 0 Å². The van der Waals surface area contributed by atoms with Crippen molar-refractivity contribution in [3.05, 3.63) is 34.3 Å². The number of fused-ring (bicyclic) bond motifs is 1. The Bertz CT molecular complexity index is 678. The second kappa shape index (κ2) is 6.16. The lowest BCUT2D eigenvalue weighted by molar-refractivity contribution is -0.131. The molecule has 2 aromatic rings. The van der Waals surface area contributed by atoms with Crippen LogP contribution < -0.4 is 5.76 Å². The molecular formula is C16H20N2O3. The van der Waals surface area contributed by atoms with E-state index >= 15 is 0 Å². The van der Waals surface area contributed by atoms with Gasteiger partial charge in [0.1, 0.15) is 0 Å². The number of aromatic nitrogens is 1. The molecule has 1 aliphatic heterocycles. The summed E-state index contributed by atoms with van der Waals surface area (Å²) < 4.78 is 4.97. The van der Waals surface area contributed by atoms with Crippen molar-refractivity contribution in [3.63, 3.8) is 0 Å². The van der Waals surface area contributed by atoms with Gasteiger partial charge in [0.25, 0.3) is 0 Å². The molecule has 0 bridgehead atoms. The highest BCUT2D eigenvalue weighted by molar-refractivity contribution is 5.77. The van der Waals surface area contributed by atoms with E-state index in [-0.39, 0.29) is 5.91 Å². The summed E-state index contributed by atoms with van der Waals surface area (Å²) in [6.45, 7) is 1.79. The van der Waals surface area contributed by atoms with Crippen LogP contribution >= 0.6 is 0 Å². The van der Waals surface area contributed by atoms with E-state index in [4.69, 9.17) is 4.42 Å². The van der Waals surface area contributed by atoms with E-state index in [1.54, 1.807) is 6.07 Å². The number of nitrogens with one attached hydrogen (secondary N) is 1. The van der Waals surface area contributed by atoms with E-state index < -0.39 is 5.76 Å². The van der Waals surface area contributed by atoms with Crippen LogP contribution in [0.3, 0.4) is 0 Å². The second-order valence-corrected chi connectivity index (χ2v) is 5.64. The number of amides is 1. The quantitative estimate of drug-likeness (QED) is 0.943. The van der Waals surface area contributed by atoms with Crippen LogP contribution in [-0.4, -0.2) is 28.9 Å². The minimum Gasteiger partial charge on any atom is -0.408 e. The molecule has 0 unspecified atom stereocenters. The molecule has 5 heteroatoms. The highest BCUT2D eigenvalue weighted by Gasteiger charge is 2.15. The predicted molar refractivity (Wildman–Crippen MR) is 80.2 cm³/mol. The van der Waals surface area contributed by atoms with E-state index in [9.17, 15) is 9.59 Å². The number of rotatable bonds is 3. The molecule has 1 aromatic carbocycles. The van der Waals surface area contributed by atoms with Crippen molar-refractivity contribution >= 4 is 17.0 Å². The van der Waals surface area contributed by atoms with Crippen LogP contribution in [0.25, 0.3) is 11.1 Å². The molecule has 0 saturated carbocycles. The summed E-state index contributed by atoms with van der Waals surface area (Å²) in [5.41, 5.74) is 2.30. The SMILES string of the molecule is O=C(CCc1ccc2oc(=O)[nH]c2c1)N1CCCCCC1. The lowest BCUT2D eigenvalue weighted by Gasteiger charge is -2.20. The van der Waals surface area contributed by atoms with E-state index in [2.05, 4.69) is 4.98 Å². The average Bonchev–Trinajstić information content (AvgIpc) is 2.68. The third-order valence-electron chi connectivity index (χ3n) is 4.07. The van der Waals surface area contributed by atoms with Gasteiger partial charge in [-0.25, -0.2) is 4.79 Å². The normalized spacial score (nSPS) is 16.1. The largest absolute Gasteiger partial charge is 0.417 e. The average molecular weight is 288 g/mol. The molecule has 1 amide bonds. The van der Waals surface area contributed by atoms with Crippen LogP contribution in [0.15, 0.2) is 27.4 Å². The van der Waals surface area contributed by atoms with E-state index in [0.29, 0.717) is 23.9 Å². The van der Waals surface area contributed by atoms with Crippen molar-refractivity contribution < 1.29 is 9.21 Å². The van der Waals surface area contributed by atoms with Crippen molar-refractivity contribution in [1.82, 2.24) is 9.88 Å². The Hall–Kier alpha value is -2.04. The van der Waals surface area contributed by atoms with Gasteiger partial charge in [0.2, 0.25) is 5.91 Å². The molecule has 2 heterocycles. The molecule has 1 N–H and O–H groups in total. The van der Waals surface area contributed by atoms with Gasteiger partial charge in [-0.3, -0.25) is 9.78 Å². The maximum atomic E-state index is 12.2. The molecule has 0 spiro atoms. The number of hydrogen-bond donors (Lipinski definition) is 1. The first-order chi connectivity index (χ1) is 10.2. The lowest BCUT2D eigenvalue weighted by Crippen LogP contribution is -2.31. The van der Waals surface area contributed by atoms with Gasteiger partial charge in [0, 0.05) is 19.5 Å². The molecule has 1 saturated heterocycles. The molecule has 0 radical (unpaired) electrons.